The summed E-state index contributed by atoms with van der Waals surface area (Å²) >= 11 is 0. The Morgan fingerprint density at radius 2 is 1.69 bits per heavy atom. The highest BCUT2D eigenvalue weighted by Crippen LogP contribution is 2.28. The minimum Gasteiger partial charge on any atom is -0.376 e. The lowest BCUT2D eigenvalue weighted by molar-refractivity contribution is 0.0857. The summed E-state index contributed by atoms with van der Waals surface area (Å²) in [5.74, 6) is -0.892. The van der Waals surface area contributed by atoms with Crippen molar-refractivity contribution in [3.05, 3.63) is 65.2 Å². The van der Waals surface area contributed by atoms with Crippen LogP contribution in [-0.2, 0) is 4.74 Å². The SMILES string of the molecule is O=C(NC[C@H]1CCCO1)c1ccc(N2C(=O)c3ccccc3C2=O)cc1. The molecule has 2 aromatic rings. The molecule has 0 radical (unpaired) electrons. The molecule has 0 aromatic heterocycles. The summed E-state index contributed by atoms with van der Waals surface area (Å²) < 4.78 is 5.48. The molecule has 2 aliphatic rings. The third-order valence-corrected chi connectivity index (χ3v) is 4.70. The van der Waals surface area contributed by atoms with Gasteiger partial charge in [-0.2, -0.15) is 0 Å². The first-order chi connectivity index (χ1) is 12.6. The molecule has 0 unspecified atom stereocenters. The van der Waals surface area contributed by atoms with Crippen LogP contribution in [0.2, 0.25) is 0 Å². The molecule has 4 rings (SSSR count). The molecule has 0 spiro atoms. The van der Waals surface area contributed by atoms with Gasteiger partial charge in [-0.1, -0.05) is 12.1 Å². The molecular formula is C20H18N2O4. The highest BCUT2D eigenvalue weighted by Gasteiger charge is 2.36. The van der Waals surface area contributed by atoms with E-state index in [1.165, 1.54) is 0 Å². The topological polar surface area (TPSA) is 75.7 Å². The maximum Gasteiger partial charge on any atom is 0.266 e. The van der Waals surface area contributed by atoms with Crippen LogP contribution in [0.25, 0.3) is 0 Å². The van der Waals surface area contributed by atoms with E-state index < -0.39 is 0 Å². The van der Waals surface area contributed by atoms with Gasteiger partial charge in [0.2, 0.25) is 0 Å². The molecule has 1 N–H and O–H groups in total. The number of ether oxygens (including phenoxy) is 1. The third-order valence-electron chi connectivity index (χ3n) is 4.70. The normalized spacial score (nSPS) is 18.9. The minimum absolute atomic E-state index is 0.0802. The maximum absolute atomic E-state index is 12.5. The first-order valence-corrected chi connectivity index (χ1v) is 8.63. The van der Waals surface area contributed by atoms with Gasteiger partial charge in [0, 0.05) is 18.7 Å². The molecular weight excluding hydrogens is 332 g/mol. The first kappa shape index (κ1) is 16.5. The van der Waals surface area contributed by atoms with Gasteiger partial charge < -0.3 is 10.1 Å². The van der Waals surface area contributed by atoms with Gasteiger partial charge in [0.15, 0.2) is 0 Å². The number of nitrogens with one attached hydrogen (secondary N) is 1. The Kier molecular flexibility index (Phi) is 4.26. The van der Waals surface area contributed by atoms with E-state index in [0.29, 0.717) is 28.9 Å². The van der Waals surface area contributed by atoms with Crippen molar-refractivity contribution in [3.8, 4) is 0 Å². The van der Waals surface area contributed by atoms with E-state index in [1.807, 2.05) is 0 Å². The highest BCUT2D eigenvalue weighted by atomic mass is 16.5. The number of carbonyl (C=O) groups excluding carboxylic acids is 3. The van der Waals surface area contributed by atoms with Crippen LogP contribution in [-0.4, -0.2) is 37.0 Å². The van der Waals surface area contributed by atoms with Crippen molar-refractivity contribution in [1.82, 2.24) is 5.32 Å². The fraction of sp³-hybridized carbons (Fsp3) is 0.250. The molecule has 1 saturated heterocycles. The van der Waals surface area contributed by atoms with Gasteiger partial charge >= 0.3 is 0 Å². The number of fused-ring (bicyclic) bond motifs is 1. The Morgan fingerprint density at radius 3 is 2.27 bits per heavy atom. The van der Waals surface area contributed by atoms with Crippen LogP contribution < -0.4 is 10.2 Å². The smallest absolute Gasteiger partial charge is 0.266 e. The summed E-state index contributed by atoms with van der Waals surface area (Å²) in [4.78, 5) is 38.3. The van der Waals surface area contributed by atoms with Crippen molar-refractivity contribution in [2.24, 2.45) is 0 Å². The number of amides is 3. The maximum atomic E-state index is 12.5. The molecule has 1 fully saturated rings. The molecule has 3 amide bonds. The molecule has 26 heavy (non-hydrogen) atoms. The Bertz CT molecular complexity index is 835. The van der Waals surface area contributed by atoms with Crippen molar-refractivity contribution in [1.29, 1.82) is 0 Å². The summed E-state index contributed by atoms with van der Waals surface area (Å²) in [7, 11) is 0. The van der Waals surface area contributed by atoms with Crippen LogP contribution >= 0.6 is 0 Å². The lowest BCUT2D eigenvalue weighted by Gasteiger charge is -2.15. The highest BCUT2D eigenvalue weighted by molar-refractivity contribution is 6.34. The van der Waals surface area contributed by atoms with Gasteiger partial charge in [-0.3, -0.25) is 14.4 Å². The zero-order valence-corrected chi connectivity index (χ0v) is 14.1. The minimum atomic E-state index is -0.346. The summed E-state index contributed by atoms with van der Waals surface area (Å²) in [6.45, 7) is 1.23. The Balaban J connectivity index is 1.47. The van der Waals surface area contributed by atoms with E-state index in [1.54, 1.807) is 48.5 Å². The van der Waals surface area contributed by atoms with Gasteiger partial charge in [-0.25, -0.2) is 4.90 Å². The van der Waals surface area contributed by atoms with E-state index in [0.717, 1.165) is 24.3 Å². The van der Waals surface area contributed by atoms with Gasteiger partial charge in [-0.15, -0.1) is 0 Å². The molecule has 132 valence electrons. The molecule has 0 saturated carbocycles. The predicted molar refractivity (Wildman–Crippen MR) is 95.3 cm³/mol. The van der Waals surface area contributed by atoms with Gasteiger partial charge in [-0.05, 0) is 49.2 Å². The zero-order chi connectivity index (χ0) is 18.1. The number of rotatable bonds is 4. The zero-order valence-electron chi connectivity index (χ0n) is 14.1. The second-order valence-corrected chi connectivity index (χ2v) is 6.38. The number of anilines is 1. The second kappa shape index (κ2) is 6.72. The van der Waals surface area contributed by atoms with Crippen LogP contribution in [0, 0.1) is 0 Å². The first-order valence-electron chi connectivity index (χ1n) is 8.63. The largest absolute Gasteiger partial charge is 0.376 e. The van der Waals surface area contributed by atoms with E-state index in [9.17, 15) is 14.4 Å². The standard InChI is InChI=1S/C20H18N2O4/c23-18(21-12-15-4-3-11-26-15)13-7-9-14(10-8-13)22-19(24)16-5-1-2-6-17(16)20(22)25/h1-2,5-10,15H,3-4,11-12H2,(H,21,23)/t15-/m1/s1. The third kappa shape index (κ3) is 2.88. The van der Waals surface area contributed by atoms with Gasteiger partial charge in [0.25, 0.3) is 17.7 Å². The number of imide groups is 1. The number of hydrogen-bond donors (Lipinski definition) is 1. The van der Waals surface area contributed by atoms with Crippen LogP contribution in [0.1, 0.15) is 43.9 Å². The molecule has 6 heteroatoms. The number of hydrogen-bond acceptors (Lipinski definition) is 4. The van der Waals surface area contributed by atoms with Crippen LogP contribution in [0.4, 0.5) is 5.69 Å². The molecule has 2 heterocycles. The molecule has 2 aliphatic heterocycles. The molecule has 0 bridgehead atoms. The van der Waals surface area contributed by atoms with Crippen molar-refractivity contribution in [3.63, 3.8) is 0 Å². The number of benzene rings is 2. The fourth-order valence-electron chi connectivity index (χ4n) is 3.30. The Labute approximate surface area is 150 Å². The monoisotopic (exact) mass is 350 g/mol. The second-order valence-electron chi connectivity index (χ2n) is 6.38. The van der Waals surface area contributed by atoms with Gasteiger partial charge in [0.1, 0.15) is 0 Å². The summed E-state index contributed by atoms with van der Waals surface area (Å²) in [6.07, 6.45) is 2.06. The van der Waals surface area contributed by atoms with Crippen LogP contribution in [0.5, 0.6) is 0 Å². The van der Waals surface area contributed by atoms with Crippen LogP contribution in [0.15, 0.2) is 48.5 Å². The Hall–Kier alpha value is -2.99. The van der Waals surface area contributed by atoms with Gasteiger partial charge in [0.05, 0.1) is 22.9 Å². The summed E-state index contributed by atoms with van der Waals surface area (Å²) in [6, 6.07) is 13.2. The van der Waals surface area contributed by atoms with E-state index >= 15 is 0 Å². The van der Waals surface area contributed by atoms with E-state index in [-0.39, 0.29) is 23.8 Å². The van der Waals surface area contributed by atoms with Crippen molar-refractivity contribution in [2.45, 2.75) is 18.9 Å². The summed E-state index contributed by atoms with van der Waals surface area (Å²) in [5.41, 5.74) is 1.72. The van der Waals surface area contributed by atoms with Crippen molar-refractivity contribution >= 4 is 23.4 Å². The quantitative estimate of drug-likeness (QED) is 0.859. The average Bonchev–Trinajstić information content (AvgIpc) is 3.28. The predicted octanol–water partition coefficient (Wildman–Crippen LogP) is 2.40. The molecule has 1 atom stereocenters. The Morgan fingerprint density at radius 1 is 1.04 bits per heavy atom. The lowest BCUT2D eigenvalue weighted by atomic mass is 10.1. The molecule has 6 nitrogen and oxygen atoms in total. The number of nitrogens with zero attached hydrogens (tertiary/aromatic N) is 1. The average molecular weight is 350 g/mol. The van der Waals surface area contributed by atoms with Crippen molar-refractivity contribution < 1.29 is 19.1 Å². The van der Waals surface area contributed by atoms with E-state index in [2.05, 4.69) is 5.32 Å². The summed E-state index contributed by atoms with van der Waals surface area (Å²) in [5, 5.41) is 2.85. The molecule has 0 aliphatic carbocycles. The number of carbonyl (C=O) groups is 3. The lowest BCUT2D eigenvalue weighted by Crippen LogP contribution is -2.32. The van der Waals surface area contributed by atoms with Crippen LogP contribution in [0.3, 0.4) is 0 Å². The van der Waals surface area contributed by atoms with E-state index in [4.69, 9.17) is 4.74 Å². The fourth-order valence-corrected chi connectivity index (χ4v) is 3.30. The van der Waals surface area contributed by atoms with Crippen molar-refractivity contribution in [2.75, 3.05) is 18.1 Å². The molecule has 2 aromatic carbocycles.